The maximum Gasteiger partial charge on any atom is 0.0359 e. The number of nitrogens with zero attached hydrogens (tertiary/aromatic N) is 1. The van der Waals surface area contributed by atoms with Gasteiger partial charge in [0.1, 0.15) is 0 Å². The lowest BCUT2D eigenvalue weighted by molar-refractivity contribution is 0.132. The average molecular weight is 246 g/mol. The molecule has 1 heterocycles. The third-order valence-electron chi connectivity index (χ3n) is 4.04. The number of anilines is 1. The van der Waals surface area contributed by atoms with Crippen molar-refractivity contribution in [2.24, 2.45) is 0 Å². The van der Waals surface area contributed by atoms with E-state index in [0.29, 0.717) is 0 Å². The first-order valence-corrected chi connectivity index (χ1v) is 7.29. The molecule has 18 heavy (non-hydrogen) atoms. The van der Waals surface area contributed by atoms with Gasteiger partial charge in [0.25, 0.3) is 0 Å². The number of rotatable bonds is 4. The Morgan fingerprint density at radius 2 is 2.17 bits per heavy atom. The molecule has 2 N–H and O–H groups in total. The molecule has 0 aromatic heterocycles. The first-order valence-electron chi connectivity index (χ1n) is 7.29. The van der Waals surface area contributed by atoms with Crippen LogP contribution in [0.3, 0.4) is 0 Å². The van der Waals surface area contributed by atoms with Gasteiger partial charge in [-0.2, -0.15) is 0 Å². The highest BCUT2D eigenvalue weighted by Crippen LogP contribution is 2.25. The van der Waals surface area contributed by atoms with Crippen molar-refractivity contribution in [2.75, 3.05) is 12.3 Å². The fourth-order valence-electron chi connectivity index (χ4n) is 3.02. The van der Waals surface area contributed by atoms with Gasteiger partial charge in [-0.05, 0) is 44.4 Å². The molecule has 1 aliphatic heterocycles. The zero-order valence-electron chi connectivity index (χ0n) is 11.8. The summed E-state index contributed by atoms with van der Waals surface area (Å²) in [6.07, 6.45) is 6.70. The van der Waals surface area contributed by atoms with Gasteiger partial charge in [-0.3, -0.25) is 4.90 Å². The lowest BCUT2D eigenvalue weighted by Crippen LogP contribution is -2.38. The zero-order valence-corrected chi connectivity index (χ0v) is 11.8. The van der Waals surface area contributed by atoms with Crippen LogP contribution in [0, 0.1) is 6.92 Å². The SMILES string of the molecule is CCCC1CCCCN1Cc1cc(C)ccc1N. The van der Waals surface area contributed by atoms with Crippen LogP contribution in [-0.2, 0) is 6.54 Å². The van der Waals surface area contributed by atoms with Gasteiger partial charge in [-0.15, -0.1) is 0 Å². The Bertz CT molecular complexity index is 385. The van der Waals surface area contributed by atoms with E-state index in [4.69, 9.17) is 5.73 Å². The predicted octanol–water partition coefficient (Wildman–Crippen LogP) is 3.73. The molecule has 1 unspecified atom stereocenters. The largest absolute Gasteiger partial charge is 0.398 e. The van der Waals surface area contributed by atoms with Gasteiger partial charge in [0.05, 0.1) is 0 Å². The minimum Gasteiger partial charge on any atom is -0.398 e. The van der Waals surface area contributed by atoms with Crippen molar-refractivity contribution in [3.05, 3.63) is 29.3 Å². The van der Waals surface area contributed by atoms with Crippen LogP contribution < -0.4 is 5.73 Å². The molecular weight excluding hydrogens is 220 g/mol. The van der Waals surface area contributed by atoms with E-state index in [1.165, 1.54) is 49.8 Å². The Hall–Kier alpha value is -1.02. The molecule has 0 saturated carbocycles. The van der Waals surface area contributed by atoms with Gasteiger partial charge >= 0.3 is 0 Å². The normalized spacial score (nSPS) is 21.1. The van der Waals surface area contributed by atoms with E-state index < -0.39 is 0 Å². The Morgan fingerprint density at radius 3 is 2.94 bits per heavy atom. The van der Waals surface area contributed by atoms with Crippen LogP contribution in [0.1, 0.15) is 50.2 Å². The topological polar surface area (TPSA) is 29.3 Å². The molecule has 1 aromatic carbocycles. The van der Waals surface area contributed by atoms with Crippen molar-refractivity contribution in [1.29, 1.82) is 0 Å². The molecule has 0 radical (unpaired) electrons. The standard InChI is InChI=1S/C16H26N2/c1-3-6-15-7-4-5-10-18(15)12-14-11-13(2)8-9-16(14)17/h8-9,11,15H,3-7,10,12,17H2,1-2H3. The second-order valence-corrected chi connectivity index (χ2v) is 5.61. The minimum atomic E-state index is 0.767. The van der Waals surface area contributed by atoms with E-state index in [-0.39, 0.29) is 0 Å². The summed E-state index contributed by atoms with van der Waals surface area (Å²) >= 11 is 0. The van der Waals surface area contributed by atoms with E-state index in [1.54, 1.807) is 0 Å². The molecule has 1 atom stereocenters. The van der Waals surface area contributed by atoms with Gasteiger partial charge in [0.15, 0.2) is 0 Å². The van der Waals surface area contributed by atoms with E-state index >= 15 is 0 Å². The molecule has 0 spiro atoms. The first-order chi connectivity index (χ1) is 8.70. The molecule has 2 heteroatoms. The average Bonchev–Trinajstić information content (AvgIpc) is 2.36. The fraction of sp³-hybridized carbons (Fsp3) is 0.625. The van der Waals surface area contributed by atoms with Crippen molar-refractivity contribution in [1.82, 2.24) is 4.90 Å². The highest BCUT2D eigenvalue weighted by Gasteiger charge is 2.21. The van der Waals surface area contributed by atoms with Crippen molar-refractivity contribution in [3.8, 4) is 0 Å². The summed E-state index contributed by atoms with van der Waals surface area (Å²) in [5.74, 6) is 0. The maximum atomic E-state index is 6.10. The summed E-state index contributed by atoms with van der Waals surface area (Å²) in [7, 11) is 0. The van der Waals surface area contributed by atoms with Crippen molar-refractivity contribution in [2.45, 2.75) is 58.5 Å². The van der Waals surface area contributed by atoms with Gasteiger partial charge in [-0.1, -0.05) is 37.5 Å². The summed E-state index contributed by atoms with van der Waals surface area (Å²) in [6, 6.07) is 7.15. The quantitative estimate of drug-likeness (QED) is 0.820. The number of likely N-dealkylation sites (tertiary alicyclic amines) is 1. The fourth-order valence-corrected chi connectivity index (χ4v) is 3.02. The highest BCUT2D eigenvalue weighted by atomic mass is 15.2. The Morgan fingerprint density at radius 1 is 1.33 bits per heavy atom. The summed E-state index contributed by atoms with van der Waals surface area (Å²) in [5.41, 5.74) is 9.66. The number of hydrogen-bond acceptors (Lipinski definition) is 2. The first kappa shape index (κ1) is 13.4. The number of benzene rings is 1. The molecule has 1 saturated heterocycles. The lowest BCUT2D eigenvalue weighted by atomic mass is 9.97. The summed E-state index contributed by atoms with van der Waals surface area (Å²) in [6.45, 7) is 6.69. The van der Waals surface area contributed by atoms with Crippen molar-refractivity contribution in [3.63, 3.8) is 0 Å². The summed E-state index contributed by atoms with van der Waals surface area (Å²) in [5, 5.41) is 0. The van der Waals surface area contributed by atoms with Gasteiger partial charge in [0, 0.05) is 18.3 Å². The number of nitrogen functional groups attached to an aromatic ring is 1. The molecule has 1 fully saturated rings. The van der Waals surface area contributed by atoms with Gasteiger partial charge in [0.2, 0.25) is 0 Å². The summed E-state index contributed by atoms with van der Waals surface area (Å²) < 4.78 is 0. The molecular formula is C16H26N2. The smallest absolute Gasteiger partial charge is 0.0359 e. The third-order valence-corrected chi connectivity index (χ3v) is 4.04. The third kappa shape index (κ3) is 3.26. The predicted molar refractivity (Wildman–Crippen MR) is 78.5 cm³/mol. The number of nitrogens with two attached hydrogens (primary N) is 1. The maximum absolute atomic E-state index is 6.10. The van der Waals surface area contributed by atoms with Crippen LogP contribution in [0.5, 0.6) is 0 Å². The van der Waals surface area contributed by atoms with Crippen LogP contribution in [0.25, 0.3) is 0 Å². The Labute approximate surface area is 111 Å². The monoisotopic (exact) mass is 246 g/mol. The number of hydrogen-bond donors (Lipinski definition) is 1. The van der Waals surface area contributed by atoms with Crippen molar-refractivity contribution < 1.29 is 0 Å². The summed E-state index contributed by atoms with van der Waals surface area (Å²) in [4.78, 5) is 2.64. The van der Waals surface area contributed by atoms with Crippen LogP contribution >= 0.6 is 0 Å². The lowest BCUT2D eigenvalue weighted by Gasteiger charge is -2.36. The van der Waals surface area contributed by atoms with Gasteiger partial charge < -0.3 is 5.73 Å². The van der Waals surface area contributed by atoms with Crippen LogP contribution in [0.15, 0.2) is 18.2 Å². The molecule has 2 nitrogen and oxygen atoms in total. The minimum absolute atomic E-state index is 0.767. The molecule has 1 aromatic rings. The van der Waals surface area contributed by atoms with Crippen LogP contribution in [0.4, 0.5) is 5.69 Å². The Balaban J connectivity index is 2.08. The number of aryl methyl sites for hydroxylation is 1. The van der Waals surface area contributed by atoms with E-state index in [0.717, 1.165) is 18.3 Å². The molecule has 2 rings (SSSR count). The van der Waals surface area contributed by atoms with E-state index in [2.05, 4.69) is 30.9 Å². The second-order valence-electron chi connectivity index (χ2n) is 5.61. The molecule has 0 bridgehead atoms. The Kier molecular flexibility index (Phi) is 4.65. The zero-order chi connectivity index (χ0) is 13.0. The van der Waals surface area contributed by atoms with Crippen LogP contribution in [-0.4, -0.2) is 17.5 Å². The highest BCUT2D eigenvalue weighted by molar-refractivity contribution is 5.48. The molecule has 0 aliphatic carbocycles. The second kappa shape index (κ2) is 6.24. The van der Waals surface area contributed by atoms with Crippen LogP contribution in [0.2, 0.25) is 0 Å². The molecule has 100 valence electrons. The van der Waals surface area contributed by atoms with Gasteiger partial charge in [-0.25, -0.2) is 0 Å². The molecule has 0 amide bonds. The molecule has 1 aliphatic rings. The number of piperidine rings is 1. The van der Waals surface area contributed by atoms with Crippen molar-refractivity contribution >= 4 is 5.69 Å². The van der Waals surface area contributed by atoms with E-state index in [1.807, 2.05) is 6.07 Å². The van der Waals surface area contributed by atoms with E-state index in [9.17, 15) is 0 Å².